The lowest BCUT2D eigenvalue weighted by molar-refractivity contribution is -0.136. The monoisotopic (exact) mass is 501 g/mol. The van der Waals surface area contributed by atoms with Crippen molar-refractivity contribution >= 4 is 40.2 Å². The highest BCUT2D eigenvalue weighted by Gasteiger charge is 2.38. The Hall–Kier alpha value is -3.62. The number of carbonyl (C=O) groups is 3. The number of hydrogen-bond donors (Lipinski definition) is 0. The van der Waals surface area contributed by atoms with Gasteiger partial charge in [0.2, 0.25) is 5.91 Å². The van der Waals surface area contributed by atoms with E-state index in [0.717, 1.165) is 34.3 Å². The molecule has 36 heavy (non-hydrogen) atoms. The molecule has 0 radical (unpaired) electrons. The van der Waals surface area contributed by atoms with Crippen LogP contribution in [0.4, 0.5) is 16.2 Å². The highest BCUT2D eigenvalue weighted by molar-refractivity contribution is 8.14. The van der Waals surface area contributed by atoms with E-state index < -0.39 is 6.23 Å². The van der Waals surface area contributed by atoms with E-state index in [0.29, 0.717) is 24.3 Å². The van der Waals surface area contributed by atoms with Gasteiger partial charge in [0, 0.05) is 17.8 Å². The van der Waals surface area contributed by atoms with Crippen LogP contribution in [0.3, 0.4) is 0 Å². The summed E-state index contributed by atoms with van der Waals surface area (Å²) in [6.07, 6.45) is -0.830. The van der Waals surface area contributed by atoms with Gasteiger partial charge in [0.05, 0.1) is 30.3 Å². The molecule has 0 saturated carbocycles. The molecule has 2 aliphatic rings. The zero-order chi connectivity index (χ0) is 25.2. The first-order valence-electron chi connectivity index (χ1n) is 11.8. The second-order valence-electron chi connectivity index (χ2n) is 8.88. The van der Waals surface area contributed by atoms with Crippen molar-refractivity contribution in [1.29, 1.82) is 0 Å². The molecule has 3 aromatic rings. The highest BCUT2D eigenvalue weighted by Crippen LogP contribution is 2.36. The number of carbonyl (C=O) groups excluding carboxylic acids is 3. The molecule has 1 saturated heterocycles. The smallest absolute Gasteiger partial charge is 0.291 e. The quantitative estimate of drug-likeness (QED) is 0.440. The number of benzene rings is 3. The van der Waals surface area contributed by atoms with Gasteiger partial charge < -0.3 is 14.5 Å². The Kier molecular flexibility index (Phi) is 6.80. The van der Waals surface area contributed by atoms with E-state index in [1.54, 1.807) is 4.90 Å². The van der Waals surface area contributed by atoms with Crippen LogP contribution >= 0.6 is 11.8 Å². The number of imide groups is 1. The van der Waals surface area contributed by atoms with Crippen LogP contribution in [0, 0.1) is 13.8 Å². The van der Waals surface area contributed by atoms with E-state index in [2.05, 4.69) is 11.0 Å². The predicted molar refractivity (Wildman–Crippen MR) is 140 cm³/mol. The molecule has 1 fully saturated rings. The molecular formula is C28H27N3O4S. The van der Waals surface area contributed by atoms with Gasteiger partial charge in [0.25, 0.3) is 11.1 Å². The lowest BCUT2D eigenvalue weighted by Crippen LogP contribution is -2.46. The lowest BCUT2D eigenvalue weighted by atomic mass is 10.00. The number of rotatable bonds is 7. The Morgan fingerprint density at radius 2 is 1.58 bits per heavy atom. The summed E-state index contributed by atoms with van der Waals surface area (Å²) in [7, 11) is 0. The molecule has 7 nitrogen and oxygen atoms in total. The van der Waals surface area contributed by atoms with Gasteiger partial charge in [-0.05, 0) is 49.2 Å². The normalized spacial score (nSPS) is 16.5. The number of nitrogens with zero attached hydrogens (tertiary/aromatic N) is 3. The van der Waals surface area contributed by atoms with Crippen molar-refractivity contribution in [2.24, 2.45) is 0 Å². The van der Waals surface area contributed by atoms with E-state index in [-0.39, 0.29) is 29.4 Å². The van der Waals surface area contributed by atoms with Crippen LogP contribution < -0.4 is 4.90 Å². The molecule has 8 heteroatoms. The summed E-state index contributed by atoms with van der Waals surface area (Å²) >= 11 is 0.977. The molecule has 0 aliphatic carbocycles. The molecule has 3 amide bonds. The summed E-state index contributed by atoms with van der Waals surface area (Å²) in [6.45, 7) is 4.89. The van der Waals surface area contributed by atoms with Crippen molar-refractivity contribution in [3.8, 4) is 0 Å². The van der Waals surface area contributed by atoms with Crippen LogP contribution in [0.5, 0.6) is 0 Å². The van der Waals surface area contributed by atoms with Crippen LogP contribution in [-0.2, 0) is 9.53 Å². The van der Waals surface area contributed by atoms with E-state index >= 15 is 0 Å². The van der Waals surface area contributed by atoms with Crippen LogP contribution in [0.15, 0.2) is 72.8 Å². The van der Waals surface area contributed by atoms with Crippen molar-refractivity contribution in [2.45, 2.75) is 20.1 Å². The summed E-state index contributed by atoms with van der Waals surface area (Å²) < 4.78 is 6.13. The average Bonchev–Trinajstić information content (AvgIpc) is 3.23. The molecule has 2 heterocycles. The Bertz CT molecular complexity index is 1280. The minimum atomic E-state index is -0.830. The maximum Gasteiger partial charge on any atom is 0.291 e. The van der Waals surface area contributed by atoms with Crippen molar-refractivity contribution in [3.05, 3.63) is 95.1 Å². The van der Waals surface area contributed by atoms with Crippen molar-refractivity contribution in [3.63, 3.8) is 0 Å². The third-order valence-corrected chi connectivity index (χ3v) is 7.38. The van der Waals surface area contributed by atoms with Gasteiger partial charge in [-0.3, -0.25) is 14.4 Å². The first kappa shape index (κ1) is 24.1. The summed E-state index contributed by atoms with van der Waals surface area (Å²) in [5, 5.41) is -0.321. The molecule has 0 aromatic heterocycles. The Labute approximate surface area is 214 Å². The second kappa shape index (κ2) is 10.2. The molecule has 0 bridgehead atoms. The summed E-state index contributed by atoms with van der Waals surface area (Å²) in [4.78, 5) is 43.4. The summed E-state index contributed by atoms with van der Waals surface area (Å²) in [5.74, 6) is -0.232. The fourth-order valence-corrected chi connectivity index (χ4v) is 5.20. The molecule has 0 spiro atoms. The lowest BCUT2D eigenvalue weighted by Gasteiger charge is -2.39. The predicted octanol–water partition coefficient (Wildman–Crippen LogP) is 5.27. The van der Waals surface area contributed by atoms with E-state index in [4.69, 9.17) is 4.74 Å². The van der Waals surface area contributed by atoms with Gasteiger partial charge in [-0.1, -0.05) is 60.3 Å². The number of amides is 3. The van der Waals surface area contributed by atoms with E-state index in [1.165, 1.54) is 4.90 Å². The fraction of sp³-hybridized carbons (Fsp3) is 0.250. The summed E-state index contributed by atoms with van der Waals surface area (Å²) in [6, 6.07) is 23.2. The largest absolute Gasteiger partial charge is 0.352 e. The standard InChI is InChI=1S/C28H27N3O4S/c1-19-15-23-24(16-20(19)2)30(22-11-7-4-8-12-22)18-29(26(23)33)13-14-35-27(21-9-5-3-6-10-21)31-25(32)17-36-28(31)34/h3-12,15-16,27H,13-14,17-18H2,1-2H3. The molecule has 184 valence electrons. The highest BCUT2D eigenvalue weighted by atomic mass is 32.2. The van der Waals surface area contributed by atoms with E-state index in [1.807, 2.05) is 80.6 Å². The molecule has 2 aliphatic heterocycles. The molecule has 5 rings (SSSR count). The molecular weight excluding hydrogens is 474 g/mol. The van der Waals surface area contributed by atoms with Gasteiger partial charge in [-0.25, -0.2) is 4.90 Å². The second-order valence-corrected chi connectivity index (χ2v) is 9.81. The average molecular weight is 502 g/mol. The van der Waals surface area contributed by atoms with Gasteiger partial charge in [-0.2, -0.15) is 0 Å². The van der Waals surface area contributed by atoms with Crippen LogP contribution in [0.2, 0.25) is 0 Å². The number of fused-ring (bicyclic) bond motifs is 1. The zero-order valence-corrected chi connectivity index (χ0v) is 21.0. The summed E-state index contributed by atoms with van der Waals surface area (Å²) in [5.41, 5.74) is 5.43. The third-order valence-electron chi connectivity index (χ3n) is 6.54. The maximum atomic E-state index is 13.5. The Morgan fingerprint density at radius 1 is 0.917 bits per heavy atom. The van der Waals surface area contributed by atoms with Gasteiger partial charge in [-0.15, -0.1) is 0 Å². The van der Waals surface area contributed by atoms with Crippen molar-refractivity contribution in [2.75, 3.05) is 30.5 Å². The van der Waals surface area contributed by atoms with Crippen LogP contribution in [0.25, 0.3) is 0 Å². The van der Waals surface area contributed by atoms with E-state index in [9.17, 15) is 14.4 Å². The Morgan fingerprint density at radius 3 is 2.25 bits per heavy atom. The minimum absolute atomic E-state index is 0.0657. The maximum absolute atomic E-state index is 13.5. The minimum Gasteiger partial charge on any atom is -0.352 e. The molecule has 0 N–H and O–H groups in total. The topological polar surface area (TPSA) is 70.2 Å². The van der Waals surface area contributed by atoms with Crippen molar-refractivity contribution < 1.29 is 19.1 Å². The van der Waals surface area contributed by atoms with Crippen LogP contribution in [-0.4, -0.2) is 52.4 Å². The number of ether oxygens (including phenoxy) is 1. The van der Waals surface area contributed by atoms with Gasteiger partial charge in [0.15, 0.2) is 6.23 Å². The van der Waals surface area contributed by atoms with Gasteiger partial charge >= 0.3 is 0 Å². The van der Waals surface area contributed by atoms with Gasteiger partial charge in [0.1, 0.15) is 0 Å². The number of para-hydroxylation sites is 1. The van der Waals surface area contributed by atoms with Crippen molar-refractivity contribution in [1.82, 2.24) is 9.80 Å². The first-order valence-corrected chi connectivity index (χ1v) is 12.8. The third kappa shape index (κ3) is 4.62. The number of aryl methyl sites for hydroxylation is 2. The molecule has 1 unspecified atom stereocenters. The zero-order valence-electron chi connectivity index (χ0n) is 20.2. The first-order chi connectivity index (χ1) is 17.4. The number of thioether (sulfide) groups is 1. The molecule has 1 atom stereocenters. The SMILES string of the molecule is Cc1cc2c(cc1C)N(c1ccccc1)CN(CCOC(c1ccccc1)N1C(=O)CSC1=O)C2=O. The Balaban J connectivity index is 1.38. The fourth-order valence-electron chi connectivity index (χ4n) is 4.48. The number of hydrogen-bond acceptors (Lipinski definition) is 6. The number of anilines is 2. The van der Waals surface area contributed by atoms with Crippen LogP contribution in [0.1, 0.15) is 33.3 Å². The molecule has 3 aromatic carbocycles.